The first-order chi connectivity index (χ1) is 20.7. The third kappa shape index (κ3) is 7.87. The molecule has 0 aromatic heterocycles. The van der Waals surface area contributed by atoms with Crippen LogP contribution >= 0.6 is 0 Å². The lowest BCUT2D eigenvalue weighted by atomic mass is 10.0. The van der Waals surface area contributed by atoms with Gasteiger partial charge in [-0.2, -0.15) is 0 Å². The van der Waals surface area contributed by atoms with Crippen LogP contribution in [0.4, 0.5) is 10.1 Å². The Bertz CT molecular complexity index is 1610. The van der Waals surface area contributed by atoms with Gasteiger partial charge >= 0.3 is 0 Å². The molecule has 2 amide bonds. The molecule has 7 nitrogen and oxygen atoms in total. The molecule has 0 aliphatic rings. The van der Waals surface area contributed by atoms with Crippen molar-refractivity contribution in [1.82, 2.24) is 10.2 Å². The van der Waals surface area contributed by atoms with Crippen molar-refractivity contribution in [3.05, 3.63) is 132 Å². The summed E-state index contributed by atoms with van der Waals surface area (Å²) in [4.78, 5) is 29.1. The standard InChI is InChI=1S/C34H36FN3O4S/c1-3-26-19-21-29(22-20-26)38(43(41,42)30-16-9-6-10-17-30)25-33(39)37(24-28-15-11-12-18-31(28)35)32(34(40)36-4-2)23-27-13-7-5-8-14-27/h5-22,32H,3-4,23-25H2,1-2H3,(H,36,40). The topological polar surface area (TPSA) is 86.8 Å². The average Bonchev–Trinajstić information content (AvgIpc) is 3.03. The van der Waals surface area contributed by atoms with Gasteiger partial charge in [0.25, 0.3) is 10.0 Å². The van der Waals surface area contributed by atoms with E-state index in [-0.39, 0.29) is 23.4 Å². The number of sulfonamides is 1. The van der Waals surface area contributed by atoms with Crippen LogP contribution in [0.1, 0.15) is 30.5 Å². The predicted molar refractivity (Wildman–Crippen MR) is 166 cm³/mol. The third-order valence-electron chi connectivity index (χ3n) is 7.16. The molecule has 4 aromatic carbocycles. The number of halogens is 1. The zero-order valence-electron chi connectivity index (χ0n) is 24.3. The van der Waals surface area contributed by atoms with Crippen LogP contribution in [0, 0.1) is 5.82 Å². The Balaban J connectivity index is 1.79. The molecule has 1 N–H and O–H groups in total. The Morgan fingerprint density at radius 2 is 1.40 bits per heavy atom. The van der Waals surface area contributed by atoms with Gasteiger partial charge in [-0.3, -0.25) is 13.9 Å². The highest BCUT2D eigenvalue weighted by molar-refractivity contribution is 7.92. The lowest BCUT2D eigenvalue weighted by Crippen LogP contribution is -2.53. The Kier molecular flexibility index (Phi) is 10.7. The summed E-state index contributed by atoms with van der Waals surface area (Å²) in [6, 6.07) is 29.1. The summed E-state index contributed by atoms with van der Waals surface area (Å²) in [7, 11) is -4.19. The van der Waals surface area contributed by atoms with Gasteiger partial charge in [-0.25, -0.2) is 12.8 Å². The first-order valence-corrected chi connectivity index (χ1v) is 15.7. The number of benzene rings is 4. The fourth-order valence-corrected chi connectivity index (χ4v) is 6.24. The number of amides is 2. The molecule has 0 radical (unpaired) electrons. The van der Waals surface area contributed by atoms with E-state index in [1.54, 1.807) is 55.5 Å². The normalized spacial score (nSPS) is 11.9. The van der Waals surface area contributed by atoms with Gasteiger partial charge in [-0.1, -0.05) is 85.8 Å². The fraction of sp³-hybridized carbons (Fsp3) is 0.235. The number of aryl methyl sites for hydroxylation is 1. The van der Waals surface area contributed by atoms with Crippen molar-refractivity contribution in [2.75, 3.05) is 17.4 Å². The van der Waals surface area contributed by atoms with E-state index in [1.807, 2.05) is 49.4 Å². The summed E-state index contributed by atoms with van der Waals surface area (Å²) in [5, 5.41) is 2.80. The van der Waals surface area contributed by atoms with Gasteiger partial charge in [0, 0.05) is 25.1 Å². The quantitative estimate of drug-likeness (QED) is 0.224. The Morgan fingerprint density at radius 1 is 0.791 bits per heavy atom. The molecule has 1 unspecified atom stereocenters. The first kappa shape index (κ1) is 31.4. The minimum Gasteiger partial charge on any atom is -0.355 e. The Labute approximate surface area is 253 Å². The second kappa shape index (κ2) is 14.6. The maximum Gasteiger partial charge on any atom is 0.264 e. The molecule has 224 valence electrons. The zero-order chi connectivity index (χ0) is 30.8. The van der Waals surface area contributed by atoms with Gasteiger partial charge in [0.2, 0.25) is 11.8 Å². The monoisotopic (exact) mass is 601 g/mol. The van der Waals surface area contributed by atoms with Crippen molar-refractivity contribution in [2.24, 2.45) is 0 Å². The molecule has 4 rings (SSSR count). The van der Waals surface area contributed by atoms with Crippen LogP contribution < -0.4 is 9.62 Å². The van der Waals surface area contributed by atoms with Crippen LogP contribution in [0.15, 0.2) is 114 Å². The van der Waals surface area contributed by atoms with Crippen LogP contribution in [0.5, 0.6) is 0 Å². The number of carbonyl (C=O) groups is 2. The van der Waals surface area contributed by atoms with Crippen LogP contribution in [0.3, 0.4) is 0 Å². The lowest BCUT2D eigenvalue weighted by molar-refractivity contribution is -0.140. The summed E-state index contributed by atoms with van der Waals surface area (Å²) in [6.45, 7) is 3.26. The molecule has 0 saturated heterocycles. The number of nitrogens with zero attached hydrogens (tertiary/aromatic N) is 2. The van der Waals surface area contributed by atoms with Crippen molar-refractivity contribution in [1.29, 1.82) is 0 Å². The van der Waals surface area contributed by atoms with E-state index in [1.165, 1.54) is 23.1 Å². The van der Waals surface area contributed by atoms with Crippen molar-refractivity contribution in [3.63, 3.8) is 0 Å². The second-order valence-electron chi connectivity index (χ2n) is 10.1. The Morgan fingerprint density at radius 3 is 2.00 bits per heavy atom. The minimum atomic E-state index is -4.19. The van der Waals surface area contributed by atoms with Gasteiger partial charge in [0.15, 0.2) is 0 Å². The lowest BCUT2D eigenvalue weighted by Gasteiger charge is -2.34. The second-order valence-corrected chi connectivity index (χ2v) is 11.9. The molecule has 0 heterocycles. The highest BCUT2D eigenvalue weighted by Gasteiger charge is 2.34. The molecular weight excluding hydrogens is 565 g/mol. The molecular formula is C34H36FN3O4S. The first-order valence-electron chi connectivity index (χ1n) is 14.3. The molecule has 9 heteroatoms. The summed E-state index contributed by atoms with van der Waals surface area (Å²) < 4.78 is 43.9. The number of rotatable bonds is 13. The average molecular weight is 602 g/mol. The van der Waals surface area contributed by atoms with Crippen molar-refractivity contribution < 1.29 is 22.4 Å². The van der Waals surface area contributed by atoms with E-state index in [2.05, 4.69) is 5.32 Å². The van der Waals surface area contributed by atoms with E-state index in [9.17, 15) is 22.4 Å². The third-order valence-corrected chi connectivity index (χ3v) is 8.95. The van der Waals surface area contributed by atoms with Gasteiger partial charge in [0.05, 0.1) is 10.6 Å². The highest BCUT2D eigenvalue weighted by atomic mass is 32.2. The molecule has 0 bridgehead atoms. The molecule has 43 heavy (non-hydrogen) atoms. The number of anilines is 1. The maximum atomic E-state index is 14.9. The summed E-state index contributed by atoms with van der Waals surface area (Å²) >= 11 is 0. The largest absolute Gasteiger partial charge is 0.355 e. The molecule has 0 spiro atoms. The van der Waals surface area contributed by atoms with Gasteiger partial charge in [-0.05, 0) is 54.8 Å². The van der Waals surface area contributed by atoms with Gasteiger partial charge in [-0.15, -0.1) is 0 Å². The summed E-state index contributed by atoms with van der Waals surface area (Å²) in [6.07, 6.45) is 0.915. The number of hydrogen-bond acceptors (Lipinski definition) is 4. The number of likely N-dealkylation sites (N-methyl/N-ethyl adjacent to an activating group) is 1. The smallest absolute Gasteiger partial charge is 0.264 e. The Hall–Kier alpha value is -4.50. The molecule has 1 atom stereocenters. The van der Waals surface area contributed by atoms with E-state index < -0.39 is 40.2 Å². The molecule has 0 saturated carbocycles. The molecule has 0 aliphatic heterocycles. The van der Waals surface area contributed by atoms with E-state index in [0.29, 0.717) is 12.2 Å². The predicted octanol–water partition coefficient (Wildman–Crippen LogP) is 5.36. The van der Waals surface area contributed by atoms with E-state index in [0.717, 1.165) is 21.9 Å². The van der Waals surface area contributed by atoms with Crippen molar-refractivity contribution in [3.8, 4) is 0 Å². The summed E-state index contributed by atoms with van der Waals surface area (Å²) in [5.74, 6) is -1.59. The van der Waals surface area contributed by atoms with Gasteiger partial charge < -0.3 is 10.2 Å². The number of carbonyl (C=O) groups excluding carboxylic acids is 2. The van der Waals surface area contributed by atoms with Crippen LogP contribution in [-0.2, 0) is 39.0 Å². The number of nitrogens with one attached hydrogen (secondary N) is 1. The molecule has 0 fully saturated rings. The van der Waals surface area contributed by atoms with Crippen LogP contribution in [0.25, 0.3) is 0 Å². The van der Waals surface area contributed by atoms with Crippen LogP contribution in [-0.4, -0.2) is 44.3 Å². The van der Waals surface area contributed by atoms with E-state index in [4.69, 9.17) is 0 Å². The van der Waals surface area contributed by atoms with Crippen molar-refractivity contribution >= 4 is 27.5 Å². The molecule has 0 aliphatic carbocycles. The minimum absolute atomic E-state index is 0.0209. The SMILES string of the molecule is CCNC(=O)C(Cc1ccccc1)N(Cc1ccccc1F)C(=O)CN(c1ccc(CC)cc1)S(=O)(=O)c1ccccc1. The fourth-order valence-electron chi connectivity index (χ4n) is 4.80. The zero-order valence-corrected chi connectivity index (χ0v) is 25.1. The van der Waals surface area contributed by atoms with E-state index >= 15 is 0 Å². The number of hydrogen-bond donors (Lipinski definition) is 1. The van der Waals surface area contributed by atoms with Gasteiger partial charge in [0.1, 0.15) is 18.4 Å². The maximum absolute atomic E-state index is 14.9. The molecule has 4 aromatic rings. The van der Waals surface area contributed by atoms with Crippen LogP contribution in [0.2, 0.25) is 0 Å². The highest BCUT2D eigenvalue weighted by Crippen LogP contribution is 2.26. The van der Waals surface area contributed by atoms with Crippen molar-refractivity contribution in [2.45, 2.75) is 44.2 Å². The summed E-state index contributed by atoms with van der Waals surface area (Å²) in [5.41, 5.74) is 2.32.